The van der Waals surface area contributed by atoms with Crippen LogP contribution < -0.4 is 5.32 Å². The first-order chi connectivity index (χ1) is 6.99. The largest absolute Gasteiger partial charge is 0.478 e. The van der Waals surface area contributed by atoms with Crippen molar-refractivity contribution >= 4 is 11.9 Å². The molecule has 15 heavy (non-hydrogen) atoms. The van der Waals surface area contributed by atoms with Crippen LogP contribution in [0.3, 0.4) is 0 Å². The van der Waals surface area contributed by atoms with E-state index in [-0.39, 0.29) is 11.5 Å². The van der Waals surface area contributed by atoms with Crippen molar-refractivity contribution in [2.45, 2.75) is 46.5 Å². The van der Waals surface area contributed by atoms with E-state index in [2.05, 4.69) is 12.2 Å². The van der Waals surface area contributed by atoms with E-state index in [1.54, 1.807) is 6.92 Å². The smallest absolute Gasteiger partial charge is 0.333 e. The van der Waals surface area contributed by atoms with E-state index in [9.17, 15) is 9.59 Å². The quantitative estimate of drug-likeness (QED) is 0.524. The van der Waals surface area contributed by atoms with Crippen LogP contribution in [0.1, 0.15) is 46.5 Å². The number of hydrogen-bond acceptors (Lipinski definition) is 2. The number of allylic oxidation sites excluding steroid dienone is 1. The van der Waals surface area contributed by atoms with E-state index in [0.717, 1.165) is 19.3 Å². The van der Waals surface area contributed by atoms with Crippen molar-refractivity contribution in [2.75, 3.05) is 0 Å². The minimum absolute atomic E-state index is 0.110. The van der Waals surface area contributed by atoms with Gasteiger partial charge in [0.15, 0.2) is 0 Å². The van der Waals surface area contributed by atoms with Gasteiger partial charge in [0.2, 0.25) is 5.91 Å². The van der Waals surface area contributed by atoms with Gasteiger partial charge in [-0.3, -0.25) is 4.79 Å². The highest BCUT2D eigenvalue weighted by Crippen LogP contribution is 2.03. The van der Waals surface area contributed by atoms with E-state index in [1.807, 2.05) is 0 Å². The number of carbonyl (C=O) groups excluding carboxylic acids is 1. The van der Waals surface area contributed by atoms with Gasteiger partial charge in [0, 0.05) is 12.1 Å². The molecule has 0 aromatic carbocycles. The van der Waals surface area contributed by atoms with Crippen molar-refractivity contribution in [1.29, 1.82) is 0 Å². The Kier molecular flexibility index (Phi) is 6.42. The number of hydrogen-bond donors (Lipinski definition) is 2. The first kappa shape index (κ1) is 13.7. The third kappa shape index (κ3) is 5.88. The van der Waals surface area contributed by atoms with Crippen LogP contribution in [-0.4, -0.2) is 17.0 Å². The van der Waals surface area contributed by atoms with E-state index in [1.165, 1.54) is 6.92 Å². The highest BCUT2D eigenvalue weighted by Gasteiger charge is 2.07. The normalized spacial score (nSPS) is 11.9. The maximum absolute atomic E-state index is 11.3. The first-order valence-electron chi connectivity index (χ1n) is 5.19. The van der Waals surface area contributed by atoms with Crippen molar-refractivity contribution in [2.24, 2.45) is 0 Å². The van der Waals surface area contributed by atoms with Crippen LogP contribution in [0.25, 0.3) is 0 Å². The fourth-order valence-electron chi connectivity index (χ4n) is 1.06. The van der Waals surface area contributed by atoms with Crippen LogP contribution in [0.4, 0.5) is 0 Å². The molecule has 0 bridgehead atoms. The molecule has 0 aliphatic heterocycles. The molecule has 0 rings (SSSR count). The van der Waals surface area contributed by atoms with Gasteiger partial charge in [-0.2, -0.15) is 0 Å². The zero-order valence-corrected chi connectivity index (χ0v) is 9.59. The lowest BCUT2D eigenvalue weighted by atomic mass is 10.2. The fourth-order valence-corrected chi connectivity index (χ4v) is 1.06. The lowest BCUT2D eigenvalue weighted by Gasteiger charge is -2.06. The second-order valence-electron chi connectivity index (χ2n) is 3.56. The van der Waals surface area contributed by atoms with Crippen molar-refractivity contribution in [3.05, 3.63) is 11.3 Å². The summed E-state index contributed by atoms with van der Waals surface area (Å²) in [5, 5.41) is 11.3. The lowest BCUT2D eigenvalue weighted by Crippen LogP contribution is -2.23. The van der Waals surface area contributed by atoms with E-state index in [4.69, 9.17) is 5.11 Å². The van der Waals surface area contributed by atoms with Gasteiger partial charge >= 0.3 is 5.97 Å². The lowest BCUT2D eigenvalue weighted by molar-refractivity contribution is -0.132. The molecule has 0 aromatic heterocycles. The number of carboxylic acid groups (broad SMARTS) is 1. The van der Waals surface area contributed by atoms with Crippen molar-refractivity contribution in [3.63, 3.8) is 0 Å². The third-order valence-corrected chi connectivity index (χ3v) is 2.22. The Morgan fingerprint density at radius 1 is 1.20 bits per heavy atom. The molecule has 4 heteroatoms. The highest BCUT2D eigenvalue weighted by atomic mass is 16.4. The molecule has 0 spiro atoms. The summed E-state index contributed by atoms with van der Waals surface area (Å²) in [6.07, 6.45) is 3.39. The van der Waals surface area contributed by atoms with Gasteiger partial charge in [0.1, 0.15) is 0 Å². The molecule has 0 fully saturated rings. The fraction of sp³-hybridized carbons (Fsp3) is 0.636. The molecule has 0 saturated carbocycles. The maximum Gasteiger partial charge on any atom is 0.333 e. The van der Waals surface area contributed by atoms with E-state index in [0.29, 0.717) is 12.1 Å². The summed E-state index contributed by atoms with van der Waals surface area (Å²) >= 11 is 0. The average molecular weight is 213 g/mol. The number of carboxylic acids is 1. The maximum atomic E-state index is 11.3. The molecule has 0 radical (unpaired) electrons. The predicted molar refractivity (Wildman–Crippen MR) is 58.3 cm³/mol. The predicted octanol–water partition coefficient (Wildman–Crippen LogP) is 2.06. The molecule has 0 atom stereocenters. The number of aliphatic carboxylic acids is 1. The van der Waals surface area contributed by atoms with Crippen LogP contribution in [0.5, 0.6) is 0 Å². The number of nitrogens with one attached hydrogen (secondary N) is 1. The van der Waals surface area contributed by atoms with Gasteiger partial charge in [-0.05, 0) is 20.3 Å². The molecule has 4 nitrogen and oxygen atoms in total. The van der Waals surface area contributed by atoms with Crippen LogP contribution in [0.15, 0.2) is 11.3 Å². The second-order valence-corrected chi connectivity index (χ2v) is 3.56. The van der Waals surface area contributed by atoms with Crippen LogP contribution >= 0.6 is 0 Å². The SMILES string of the molecule is CCCCCC(=O)N/C(C)=C(/C)C(=O)O. The van der Waals surface area contributed by atoms with Crippen LogP contribution in [-0.2, 0) is 9.59 Å². The molecule has 0 unspecified atom stereocenters. The molecule has 0 aromatic rings. The average Bonchev–Trinajstić information content (AvgIpc) is 2.16. The van der Waals surface area contributed by atoms with Gasteiger partial charge in [-0.25, -0.2) is 4.79 Å². The van der Waals surface area contributed by atoms with E-state index >= 15 is 0 Å². The zero-order valence-electron chi connectivity index (χ0n) is 9.59. The number of amides is 1. The van der Waals surface area contributed by atoms with Gasteiger partial charge in [-0.15, -0.1) is 0 Å². The molecule has 0 aliphatic carbocycles. The molecular formula is C11H19NO3. The van der Waals surface area contributed by atoms with Crippen molar-refractivity contribution in [3.8, 4) is 0 Å². The molecule has 0 aliphatic rings. The van der Waals surface area contributed by atoms with Gasteiger partial charge < -0.3 is 10.4 Å². The second kappa shape index (κ2) is 7.04. The van der Waals surface area contributed by atoms with Crippen LogP contribution in [0, 0.1) is 0 Å². The minimum Gasteiger partial charge on any atom is -0.478 e. The Morgan fingerprint density at radius 3 is 2.27 bits per heavy atom. The summed E-state index contributed by atoms with van der Waals surface area (Å²) in [6.45, 7) is 5.14. The number of carbonyl (C=O) groups is 2. The Morgan fingerprint density at radius 2 is 1.80 bits per heavy atom. The molecule has 1 amide bonds. The molecule has 86 valence electrons. The summed E-state index contributed by atoms with van der Waals surface area (Å²) < 4.78 is 0. The molecular weight excluding hydrogens is 194 g/mol. The van der Waals surface area contributed by atoms with Crippen LogP contribution in [0.2, 0.25) is 0 Å². The standard InChI is InChI=1S/C11H19NO3/c1-4-5-6-7-10(13)12-9(3)8(2)11(14)15/h4-7H2,1-3H3,(H,12,13)(H,14,15)/b9-8-. The summed E-state index contributed by atoms with van der Waals surface area (Å²) in [6, 6.07) is 0. The monoisotopic (exact) mass is 213 g/mol. The summed E-state index contributed by atoms with van der Waals surface area (Å²) in [5.74, 6) is -1.11. The summed E-state index contributed by atoms with van der Waals surface area (Å²) in [4.78, 5) is 21.9. The van der Waals surface area contributed by atoms with E-state index < -0.39 is 5.97 Å². The Bertz CT molecular complexity index is 269. The Balaban J connectivity index is 4.07. The highest BCUT2D eigenvalue weighted by molar-refractivity contribution is 5.88. The van der Waals surface area contributed by atoms with Gasteiger partial charge in [-0.1, -0.05) is 19.8 Å². The summed E-state index contributed by atoms with van der Waals surface area (Å²) in [5.41, 5.74) is 0.600. The number of unbranched alkanes of at least 4 members (excludes halogenated alkanes) is 2. The third-order valence-electron chi connectivity index (χ3n) is 2.22. The molecule has 2 N–H and O–H groups in total. The molecule has 0 heterocycles. The number of rotatable bonds is 6. The zero-order chi connectivity index (χ0) is 11.8. The Hall–Kier alpha value is -1.32. The van der Waals surface area contributed by atoms with Gasteiger partial charge in [0.05, 0.1) is 5.57 Å². The first-order valence-corrected chi connectivity index (χ1v) is 5.19. The van der Waals surface area contributed by atoms with Crippen molar-refractivity contribution < 1.29 is 14.7 Å². The van der Waals surface area contributed by atoms with Crippen molar-refractivity contribution in [1.82, 2.24) is 5.32 Å². The molecule has 0 saturated heterocycles. The summed E-state index contributed by atoms with van der Waals surface area (Å²) in [7, 11) is 0. The Labute approximate surface area is 90.4 Å². The van der Waals surface area contributed by atoms with Gasteiger partial charge in [0.25, 0.3) is 0 Å². The topological polar surface area (TPSA) is 66.4 Å². The minimum atomic E-state index is -0.999.